The third kappa shape index (κ3) is 3.81. The number of non-ortho nitro benzene ring substituents is 1. The van der Waals surface area contributed by atoms with Crippen LogP contribution >= 0.6 is 15.9 Å². The highest BCUT2D eigenvalue weighted by Crippen LogP contribution is 2.38. The van der Waals surface area contributed by atoms with Crippen molar-refractivity contribution in [3.8, 4) is 0 Å². The number of hydrogen-bond donors (Lipinski definition) is 1. The van der Waals surface area contributed by atoms with Crippen molar-refractivity contribution in [3.05, 3.63) is 104 Å². The maximum Gasteiger partial charge on any atom is 0.269 e. The Kier molecular flexibility index (Phi) is 5.33. The standard InChI is InChI=1S/C22H16BrN3O4/c23-16-8-11-19-18(12-16)21(14-4-2-1-3-5-14)25(13-20(27)24-19)22(28)15-6-9-17(10-7-15)26(29)30/h1-12,21H,13H2,(H,24,27). The van der Waals surface area contributed by atoms with Crippen molar-refractivity contribution in [3.63, 3.8) is 0 Å². The summed E-state index contributed by atoms with van der Waals surface area (Å²) in [5.41, 5.74) is 2.43. The van der Waals surface area contributed by atoms with Gasteiger partial charge in [-0.05, 0) is 35.9 Å². The number of carbonyl (C=O) groups is 2. The Labute approximate surface area is 180 Å². The van der Waals surface area contributed by atoms with Gasteiger partial charge >= 0.3 is 0 Å². The van der Waals surface area contributed by atoms with Crippen LogP contribution in [0.4, 0.5) is 11.4 Å². The van der Waals surface area contributed by atoms with Crippen LogP contribution in [0.1, 0.15) is 27.5 Å². The number of amides is 2. The molecule has 1 heterocycles. The summed E-state index contributed by atoms with van der Waals surface area (Å²) < 4.78 is 0.820. The summed E-state index contributed by atoms with van der Waals surface area (Å²) in [6.07, 6.45) is 0. The Hall–Kier alpha value is -3.52. The van der Waals surface area contributed by atoms with Gasteiger partial charge in [-0.1, -0.05) is 46.3 Å². The molecule has 0 fully saturated rings. The molecule has 0 aromatic heterocycles. The predicted molar refractivity (Wildman–Crippen MR) is 115 cm³/mol. The molecular formula is C22H16BrN3O4. The van der Waals surface area contributed by atoms with E-state index in [1.165, 1.54) is 29.2 Å². The molecule has 1 aliphatic rings. The summed E-state index contributed by atoms with van der Waals surface area (Å²) in [4.78, 5) is 37.9. The maximum atomic E-state index is 13.4. The van der Waals surface area contributed by atoms with Crippen LogP contribution in [-0.2, 0) is 4.79 Å². The zero-order valence-electron chi connectivity index (χ0n) is 15.6. The third-order valence-corrected chi connectivity index (χ3v) is 5.40. The van der Waals surface area contributed by atoms with Crippen molar-refractivity contribution in [1.82, 2.24) is 4.90 Å². The lowest BCUT2D eigenvalue weighted by atomic mass is 9.95. The van der Waals surface area contributed by atoms with Crippen LogP contribution in [-0.4, -0.2) is 28.2 Å². The molecule has 1 N–H and O–H groups in total. The van der Waals surface area contributed by atoms with Crippen LogP contribution in [0, 0.1) is 10.1 Å². The summed E-state index contributed by atoms with van der Waals surface area (Å²) in [7, 11) is 0. The van der Waals surface area contributed by atoms with Crippen LogP contribution in [0.5, 0.6) is 0 Å². The van der Waals surface area contributed by atoms with Gasteiger partial charge in [-0.2, -0.15) is 0 Å². The second kappa shape index (κ2) is 8.08. The number of fused-ring (bicyclic) bond motifs is 1. The van der Waals surface area contributed by atoms with Crippen LogP contribution in [0.2, 0.25) is 0 Å². The lowest BCUT2D eigenvalue weighted by molar-refractivity contribution is -0.384. The van der Waals surface area contributed by atoms with Crippen molar-refractivity contribution in [2.75, 3.05) is 11.9 Å². The summed E-state index contributed by atoms with van der Waals surface area (Å²) in [6.45, 7) is -0.151. The molecule has 150 valence electrons. The first-order valence-electron chi connectivity index (χ1n) is 9.14. The van der Waals surface area contributed by atoms with E-state index in [9.17, 15) is 19.7 Å². The number of nitro benzene ring substituents is 1. The molecule has 3 aromatic carbocycles. The molecule has 0 radical (unpaired) electrons. The number of nitro groups is 1. The average molecular weight is 466 g/mol. The topological polar surface area (TPSA) is 92.5 Å². The van der Waals surface area contributed by atoms with E-state index in [2.05, 4.69) is 21.2 Å². The number of halogens is 1. The Bertz CT molecular complexity index is 1130. The molecule has 30 heavy (non-hydrogen) atoms. The molecule has 0 bridgehead atoms. The Morgan fingerprint density at radius 1 is 1.07 bits per heavy atom. The van der Waals surface area contributed by atoms with Crippen LogP contribution in [0.25, 0.3) is 0 Å². The monoisotopic (exact) mass is 465 g/mol. The van der Waals surface area contributed by atoms with Gasteiger partial charge in [-0.25, -0.2) is 0 Å². The second-order valence-electron chi connectivity index (χ2n) is 6.83. The second-order valence-corrected chi connectivity index (χ2v) is 7.75. The van der Waals surface area contributed by atoms with Crippen molar-refractivity contribution in [2.24, 2.45) is 0 Å². The molecule has 1 aliphatic heterocycles. The molecule has 4 rings (SSSR count). The molecule has 0 saturated heterocycles. The molecule has 0 spiro atoms. The van der Waals surface area contributed by atoms with E-state index >= 15 is 0 Å². The van der Waals surface area contributed by atoms with Crippen molar-refractivity contribution < 1.29 is 14.5 Å². The number of nitrogens with zero attached hydrogens (tertiary/aromatic N) is 2. The van der Waals surface area contributed by atoms with E-state index in [0.29, 0.717) is 5.69 Å². The molecule has 0 saturated carbocycles. The number of nitrogens with one attached hydrogen (secondary N) is 1. The minimum Gasteiger partial charge on any atom is -0.324 e. The van der Waals surface area contributed by atoms with Gasteiger partial charge in [0.05, 0.1) is 11.0 Å². The minimum atomic E-state index is -0.520. The summed E-state index contributed by atoms with van der Waals surface area (Å²) in [5.74, 6) is -0.700. The molecule has 3 aromatic rings. The fourth-order valence-electron chi connectivity index (χ4n) is 3.55. The molecule has 2 amide bonds. The van der Waals surface area contributed by atoms with Crippen LogP contribution in [0.15, 0.2) is 77.3 Å². The molecular weight excluding hydrogens is 450 g/mol. The highest BCUT2D eigenvalue weighted by atomic mass is 79.9. The van der Waals surface area contributed by atoms with Gasteiger partial charge in [0, 0.05) is 33.4 Å². The van der Waals surface area contributed by atoms with Crippen molar-refractivity contribution >= 4 is 39.1 Å². The average Bonchev–Trinajstić information content (AvgIpc) is 2.89. The summed E-state index contributed by atoms with van der Waals surface area (Å²) in [6, 6.07) is 19.8. The number of carbonyl (C=O) groups excluding carboxylic acids is 2. The Balaban J connectivity index is 1.84. The predicted octanol–water partition coefficient (Wildman–Crippen LogP) is 4.54. The third-order valence-electron chi connectivity index (χ3n) is 4.91. The molecule has 7 nitrogen and oxygen atoms in total. The minimum absolute atomic E-state index is 0.103. The molecule has 1 atom stereocenters. The summed E-state index contributed by atoms with van der Waals surface area (Å²) in [5, 5.41) is 13.8. The maximum absolute atomic E-state index is 13.4. The zero-order valence-corrected chi connectivity index (χ0v) is 17.2. The van der Waals surface area contributed by atoms with Gasteiger partial charge in [0.1, 0.15) is 6.54 Å². The van der Waals surface area contributed by atoms with E-state index in [4.69, 9.17) is 0 Å². The quantitative estimate of drug-likeness (QED) is 0.453. The Morgan fingerprint density at radius 2 is 1.77 bits per heavy atom. The summed E-state index contributed by atoms with van der Waals surface area (Å²) >= 11 is 3.47. The van der Waals surface area contributed by atoms with Gasteiger partial charge < -0.3 is 10.2 Å². The van der Waals surface area contributed by atoms with Gasteiger partial charge in [0.15, 0.2) is 0 Å². The zero-order chi connectivity index (χ0) is 21.3. The fraction of sp³-hybridized carbons (Fsp3) is 0.0909. The lowest BCUT2D eigenvalue weighted by Gasteiger charge is -2.30. The Morgan fingerprint density at radius 3 is 2.43 bits per heavy atom. The SMILES string of the molecule is O=C1CN(C(=O)c2ccc([N+](=O)[O-])cc2)C(c2ccccc2)c2cc(Br)ccc2N1. The normalized spacial score (nSPS) is 15.7. The smallest absolute Gasteiger partial charge is 0.269 e. The van der Waals surface area contributed by atoms with Gasteiger partial charge in [0.2, 0.25) is 5.91 Å². The van der Waals surface area contributed by atoms with E-state index in [-0.39, 0.29) is 29.6 Å². The largest absolute Gasteiger partial charge is 0.324 e. The first-order valence-corrected chi connectivity index (χ1v) is 9.93. The highest BCUT2D eigenvalue weighted by molar-refractivity contribution is 9.10. The van der Waals surface area contributed by atoms with Gasteiger partial charge in [-0.3, -0.25) is 19.7 Å². The van der Waals surface area contributed by atoms with Crippen molar-refractivity contribution in [2.45, 2.75) is 6.04 Å². The molecule has 1 unspecified atom stereocenters. The van der Waals surface area contributed by atoms with E-state index in [0.717, 1.165) is 15.6 Å². The number of hydrogen-bond acceptors (Lipinski definition) is 4. The van der Waals surface area contributed by atoms with Crippen LogP contribution < -0.4 is 5.32 Å². The van der Waals surface area contributed by atoms with E-state index < -0.39 is 11.0 Å². The van der Waals surface area contributed by atoms with Crippen molar-refractivity contribution in [1.29, 1.82) is 0 Å². The first-order chi connectivity index (χ1) is 14.4. The van der Waals surface area contributed by atoms with Gasteiger partial charge in [0.25, 0.3) is 11.6 Å². The molecule has 0 aliphatic carbocycles. The van der Waals surface area contributed by atoms with E-state index in [1.807, 2.05) is 42.5 Å². The number of rotatable bonds is 3. The molecule has 8 heteroatoms. The highest BCUT2D eigenvalue weighted by Gasteiger charge is 2.34. The van der Waals surface area contributed by atoms with Gasteiger partial charge in [-0.15, -0.1) is 0 Å². The lowest BCUT2D eigenvalue weighted by Crippen LogP contribution is -2.39. The first kappa shape index (κ1) is 19.8. The number of anilines is 1. The fourth-order valence-corrected chi connectivity index (χ4v) is 3.93. The van der Waals surface area contributed by atoms with Crippen LogP contribution in [0.3, 0.4) is 0 Å². The van der Waals surface area contributed by atoms with E-state index in [1.54, 1.807) is 6.07 Å². The number of benzene rings is 3.